The molecule has 2 aromatic rings. The first kappa shape index (κ1) is 14.8. The van der Waals surface area contributed by atoms with Crippen molar-refractivity contribution in [3.05, 3.63) is 71.3 Å². The minimum atomic E-state index is -0.0408. The molecule has 0 bridgehead atoms. The van der Waals surface area contributed by atoms with Crippen LogP contribution in [0.4, 0.5) is 0 Å². The van der Waals surface area contributed by atoms with Crippen LogP contribution in [0.1, 0.15) is 34.5 Å². The highest BCUT2D eigenvalue weighted by Gasteiger charge is 2.14. The molecule has 1 atom stereocenters. The summed E-state index contributed by atoms with van der Waals surface area (Å²) in [4.78, 5) is 12.3. The Kier molecular flexibility index (Phi) is 5.36. The molecule has 0 heterocycles. The lowest BCUT2D eigenvalue weighted by Gasteiger charge is -2.16. The van der Waals surface area contributed by atoms with Crippen molar-refractivity contribution in [2.24, 2.45) is 0 Å². The average molecular weight is 332 g/mol. The number of nitrogens with one attached hydrogen (secondary N) is 1. The number of carbonyl (C=O) groups is 1. The Bertz CT molecular complexity index is 551. The van der Waals surface area contributed by atoms with Gasteiger partial charge in [0, 0.05) is 10.9 Å². The van der Waals surface area contributed by atoms with E-state index in [-0.39, 0.29) is 11.9 Å². The largest absolute Gasteiger partial charge is 0.344 e. The summed E-state index contributed by atoms with van der Waals surface area (Å²) in [6.45, 7) is 2.10. The van der Waals surface area contributed by atoms with Gasteiger partial charge in [-0.05, 0) is 29.7 Å². The number of aryl methyl sites for hydroxylation is 1. The number of hydrogen-bond donors (Lipinski definition) is 1. The van der Waals surface area contributed by atoms with E-state index in [4.69, 9.17) is 0 Å². The molecule has 2 nitrogen and oxygen atoms in total. The van der Waals surface area contributed by atoms with Crippen LogP contribution in [0.5, 0.6) is 0 Å². The lowest BCUT2D eigenvalue weighted by atomic mass is 10.1. The fraction of sp³-hybridized carbons (Fsp3) is 0.235. The number of amides is 1. The third-order valence-electron chi connectivity index (χ3n) is 3.29. The Hall–Kier alpha value is -1.61. The Labute approximate surface area is 128 Å². The first-order valence-electron chi connectivity index (χ1n) is 6.75. The SMILES string of the molecule is CCc1ccc(C(=O)NC(CBr)c2ccccc2)cc1. The predicted molar refractivity (Wildman–Crippen MR) is 86.3 cm³/mol. The van der Waals surface area contributed by atoms with Gasteiger partial charge in [0.05, 0.1) is 6.04 Å². The van der Waals surface area contributed by atoms with E-state index in [0.29, 0.717) is 10.9 Å². The van der Waals surface area contributed by atoms with Gasteiger partial charge in [-0.2, -0.15) is 0 Å². The third-order valence-corrected chi connectivity index (χ3v) is 3.93. The monoisotopic (exact) mass is 331 g/mol. The molecule has 3 heteroatoms. The van der Waals surface area contributed by atoms with Crippen LogP contribution in [-0.4, -0.2) is 11.2 Å². The Balaban J connectivity index is 2.09. The van der Waals surface area contributed by atoms with E-state index in [0.717, 1.165) is 12.0 Å². The maximum atomic E-state index is 12.3. The van der Waals surface area contributed by atoms with E-state index in [2.05, 4.69) is 28.2 Å². The van der Waals surface area contributed by atoms with Gasteiger partial charge >= 0.3 is 0 Å². The van der Waals surface area contributed by atoms with Crippen LogP contribution in [0.25, 0.3) is 0 Å². The molecule has 0 aliphatic carbocycles. The summed E-state index contributed by atoms with van der Waals surface area (Å²) in [5.41, 5.74) is 3.04. The van der Waals surface area contributed by atoms with Gasteiger partial charge < -0.3 is 5.32 Å². The standard InChI is InChI=1S/C17H18BrNO/c1-2-13-8-10-15(11-9-13)17(20)19-16(12-18)14-6-4-3-5-7-14/h3-11,16H,2,12H2,1H3,(H,19,20). The van der Waals surface area contributed by atoms with Crippen LogP contribution in [0.15, 0.2) is 54.6 Å². The molecule has 0 aliphatic heterocycles. The Morgan fingerprint density at radius 1 is 1.10 bits per heavy atom. The van der Waals surface area contributed by atoms with Crippen LogP contribution in [0.2, 0.25) is 0 Å². The summed E-state index contributed by atoms with van der Waals surface area (Å²) in [7, 11) is 0. The molecule has 0 aromatic heterocycles. The lowest BCUT2D eigenvalue weighted by Crippen LogP contribution is -2.29. The third kappa shape index (κ3) is 3.70. The number of carbonyl (C=O) groups excluding carboxylic acids is 1. The van der Waals surface area contributed by atoms with Gasteiger partial charge in [0.15, 0.2) is 0 Å². The molecule has 0 fully saturated rings. The first-order valence-corrected chi connectivity index (χ1v) is 7.87. The molecule has 1 unspecified atom stereocenters. The second kappa shape index (κ2) is 7.25. The number of halogens is 1. The van der Waals surface area contributed by atoms with E-state index < -0.39 is 0 Å². The molecule has 0 aliphatic rings. The van der Waals surface area contributed by atoms with Gasteiger partial charge in [-0.25, -0.2) is 0 Å². The molecule has 0 saturated carbocycles. The number of rotatable bonds is 5. The molecule has 20 heavy (non-hydrogen) atoms. The smallest absolute Gasteiger partial charge is 0.251 e. The van der Waals surface area contributed by atoms with Crippen molar-refractivity contribution in [2.75, 3.05) is 5.33 Å². The predicted octanol–water partition coefficient (Wildman–Crippen LogP) is 4.12. The van der Waals surface area contributed by atoms with Gasteiger partial charge in [-0.1, -0.05) is 65.3 Å². The minimum absolute atomic E-state index is 0.0189. The van der Waals surface area contributed by atoms with Crippen molar-refractivity contribution in [1.29, 1.82) is 0 Å². The minimum Gasteiger partial charge on any atom is -0.344 e. The molecule has 0 radical (unpaired) electrons. The zero-order valence-corrected chi connectivity index (χ0v) is 13.1. The summed E-state index contributed by atoms with van der Waals surface area (Å²) >= 11 is 3.46. The molecule has 1 amide bonds. The molecule has 0 spiro atoms. The van der Waals surface area contributed by atoms with Gasteiger partial charge in [-0.3, -0.25) is 4.79 Å². The van der Waals surface area contributed by atoms with E-state index in [1.54, 1.807) is 0 Å². The number of hydrogen-bond acceptors (Lipinski definition) is 1. The van der Waals surface area contributed by atoms with E-state index in [1.807, 2.05) is 54.6 Å². The fourth-order valence-corrected chi connectivity index (χ4v) is 2.57. The molecule has 104 valence electrons. The fourth-order valence-electron chi connectivity index (χ4n) is 2.03. The van der Waals surface area contributed by atoms with E-state index in [1.165, 1.54) is 5.56 Å². The van der Waals surface area contributed by atoms with Crippen LogP contribution in [0, 0.1) is 0 Å². The Morgan fingerprint density at radius 2 is 1.75 bits per heavy atom. The van der Waals surface area contributed by atoms with Crippen molar-refractivity contribution in [3.8, 4) is 0 Å². The summed E-state index contributed by atoms with van der Waals surface area (Å²) in [6.07, 6.45) is 0.982. The molecule has 2 rings (SSSR count). The van der Waals surface area contributed by atoms with Crippen LogP contribution >= 0.6 is 15.9 Å². The van der Waals surface area contributed by atoms with Crippen LogP contribution in [0.3, 0.4) is 0 Å². The molecular weight excluding hydrogens is 314 g/mol. The maximum Gasteiger partial charge on any atom is 0.251 e. The highest BCUT2D eigenvalue weighted by molar-refractivity contribution is 9.09. The first-order chi connectivity index (χ1) is 9.74. The molecular formula is C17H18BrNO. The summed E-state index contributed by atoms with van der Waals surface area (Å²) in [6, 6.07) is 17.7. The van der Waals surface area contributed by atoms with Gasteiger partial charge in [0.2, 0.25) is 0 Å². The number of benzene rings is 2. The zero-order chi connectivity index (χ0) is 14.4. The average Bonchev–Trinajstić information content (AvgIpc) is 2.53. The summed E-state index contributed by atoms with van der Waals surface area (Å²) in [5, 5.41) is 3.74. The highest BCUT2D eigenvalue weighted by Crippen LogP contribution is 2.16. The topological polar surface area (TPSA) is 29.1 Å². The summed E-state index contributed by atoms with van der Waals surface area (Å²) < 4.78 is 0. The van der Waals surface area contributed by atoms with Crippen LogP contribution in [-0.2, 0) is 6.42 Å². The number of alkyl halides is 1. The zero-order valence-electron chi connectivity index (χ0n) is 11.5. The van der Waals surface area contributed by atoms with E-state index in [9.17, 15) is 4.79 Å². The normalized spacial score (nSPS) is 11.9. The second-order valence-corrected chi connectivity index (χ2v) is 5.29. The van der Waals surface area contributed by atoms with Gasteiger partial charge in [0.1, 0.15) is 0 Å². The van der Waals surface area contributed by atoms with Gasteiger partial charge in [0.25, 0.3) is 5.91 Å². The maximum absolute atomic E-state index is 12.3. The van der Waals surface area contributed by atoms with Crippen LogP contribution < -0.4 is 5.32 Å². The van der Waals surface area contributed by atoms with Crippen molar-refractivity contribution in [2.45, 2.75) is 19.4 Å². The molecule has 0 saturated heterocycles. The Morgan fingerprint density at radius 3 is 2.30 bits per heavy atom. The quantitative estimate of drug-likeness (QED) is 0.820. The lowest BCUT2D eigenvalue weighted by molar-refractivity contribution is 0.0941. The summed E-state index contributed by atoms with van der Waals surface area (Å²) in [5.74, 6) is -0.0408. The van der Waals surface area contributed by atoms with Crippen molar-refractivity contribution < 1.29 is 4.79 Å². The van der Waals surface area contributed by atoms with Crippen molar-refractivity contribution in [3.63, 3.8) is 0 Å². The van der Waals surface area contributed by atoms with E-state index >= 15 is 0 Å². The molecule has 1 N–H and O–H groups in total. The van der Waals surface area contributed by atoms with Crippen molar-refractivity contribution >= 4 is 21.8 Å². The van der Waals surface area contributed by atoms with Crippen molar-refractivity contribution in [1.82, 2.24) is 5.32 Å². The second-order valence-electron chi connectivity index (χ2n) is 4.64. The van der Waals surface area contributed by atoms with Gasteiger partial charge in [-0.15, -0.1) is 0 Å². The highest BCUT2D eigenvalue weighted by atomic mass is 79.9. The molecule has 2 aromatic carbocycles.